The maximum absolute atomic E-state index is 12.4. The summed E-state index contributed by atoms with van der Waals surface area (Å²) in [5, 5.41) is 0. The van der Waals surface area contributed by atoms with Crippen LogP contribution in [0.4, 0.5) is 18.9 Å². The number of alkyl halides is 3. The van der Waals surface area contributed by atoms with Gasteiger partial charge in [0, 0.05) is 24.3 Å². The molecule has 0 aliphatic rings. The molecule has 0 spiro atoms. The van der Waals surface area contributed by atoms with Crippen LogP contribution in [0.25, 0.3) is 0 Å². The van der Waals surface area contributed by atoms with Gasteiger partial charge in [0.15, 0.2) is 0 Å². The van der Waals surface area contributed by atoms with E-state index < -0.39 is 12.7 Å². The second kappa shape index (κ2) is 7.38. The molecule has 1 aromatic rings. The Morgan fingerprint density at radius 3 is 2.55 bits per heavy atom. The van der Waals surface area contributed by atoms with E-state index in [0.717, 1.165) is 0 Å². The summed E-state index contributed by atoms with van der Waals surface area (Å²) in [5.74, 6) is 0.636. The Hall–Kier alpha value is -1.43. The van der Waals surface area contributed by atoms with Crippen molar-refractivity contribution in [1.29, 1.82) is 0 Å². The van der Waals surface area contributed by atoms with Crippen LogP contribution in [0.15, 0.2) is 24.3 Å². The van der Waals surface area contributed by atoms with Crippen LogP contribution in [0, 0.1) is 0 Å². The molecule has 2 N–H and O–H groups in total. The van der Waals surface area contributed by atoms with Gasteiger partial charge >= 0.3 is 6.18 Å². The summed E-state index contributed by atoms with van der Waals surface area (Å²) in [5.41, 5.74) is 6.21. The summed E-state index contributed by atoms with van der Waals surface area (Å²) in [6.07, 6.45) is -3.64. The normalized spacial score (nSPS) is 12.2. The Bertz CT molecular complexity index is 408. The number of anilines is 1. The molecule has 114 valence electrons. The number of ether oxygens (including phenoxy) is 1. The van der Waals surface area contributed by atoms with E-state index in [0.29, 0.717) is 31.0 Å². The molecule has 0 saturated heterocycles. The van der Waals surface area contributed by atoms with E-state index >= 15 is 0 Å². The summed E-state index contributed by atoms with van der Waals surface area (Å²) >= 11 is 0. The number of nitrogen functional groups attached to an aromatic ring is 1. The van der Waals surface area contributed by atoms with Gasteiger partial charge in [-0.1, -0.05) is 6.07 Å². The molecule has 6 heteroatoms. The molecule has 0 aliphatic carbocycles. The lowest BCUT2D eigenvalue weighted by Crippen LogP contribution is -2.40. The molecular formula is C14H21F3N2O. The minimum absolute atomic E-state index is 0.149. The lowest BCUT2D eigenvalue weighted by molar-refractivity contribution is -0.149. The fourth-order valence-electron chi connectivity index (χ4n) is 1.81. The predicted molar refractivity (Wildman–Crippen MR) is 73.7 cm³/mol. The Labute approximate surface area is 117 Å². The first-order valence-electron chi connectivity index (χ1n) is 6.57. The van der Waals surface area contributed by atoms with E-state index in [9.17, 15) is 13.2 Å². The fraction of sp³-hybridized carbons (Fsp3) is 0.571. The van der Waals surface area contributed by atoms with Gasteiger partial charge in [0.05, 0.1) is 13.2 Å². The van der Waals surface area contributed by atoms with Gasteiger partial charge in [-0.25, -0.2) is 0 Å². The standard InChI is InChI=1S/C14H21F3N2O/c1-11(2)19(10-14(15,16)17)7-4-8-20-13-6-3-5-12(18)9-13/h3,5-6,9,11H,4,7-8,10,18H2,1-2H3. The smallest absolute Gasteiger partial charge is 0.401 e. The zero-order chi connectivity index (χ0) is 15.2. The first-order valence-corrected chi connectivity index (χ1v) is 6.57. The van der Waals surface area contributed by atoms with Gasteiger partial charge in [-0.2, -0.15) is 13.2 Å². The van der Waals surface area contributed by atoms with Gasteiger partial charge in [-0.15, -0.1) is 0 Å². The minimum atomic E-state index is -4.17. The monoisotopic (exact) mass is 290 g/mol. The van der Waals surface area contributed by atoms with Crippen LogP contribution >= 0.6 is 0 Å². The van der Waals surface area contributed by atoms with Crippen molar-refractivity contribution in [1.82, 2.24) is 4.90 Å². The molecule has 3 nitrogen and oxygen atoms in total. The number of halogens is 3. The van der Waals surface area contributed by atoms with Crippen LogP contribution in [-0.2, 0) is 0 Å². The lowest BCUT2D eigenvalue weighted by atomic mass is 10.3. The van der Waals surface area contributed by atoms with E-state index in [1.165, 1.54) is 4.90 Å². The number of nitrogens with zero attached hydrogens (tertiary/aromatic N) is 1. The van der Waals surface area contributed by atoms with Crippen molar-refractivity contribution in [3.63, 3.8) is 0 Å². The zero-order valence-electron chi connectivity index (χ0n) is 11.8. The van der Waals surface area contributed by atoms with E-state index in [1.807, 2.05) is 0 Å². The van der Waals surface area contributed by atoms with Crippen LogP contribution < -0.4 is 10.5 Å². The molecule has 0 saturated carbocycles. The number of hydrogen-bond acceptors (Lipinski definition) is 3. The van der Waals surface area contributed by atoms with Crippen molar-refractivity contribution in [2.75, 3.05) is 25.4 Å². The molecule has 0 amide bonds. The van der Waals surface area contributed by atoms with Gasteiger partial charge < -0.3 is 10.5 Å². The van der Waals surface area contributed by atoms with Crippen LogP contribution in [0.2, 0.25) is 0 Å². The molecule has 20 heavy (non-hydrogen) atoms. The molecule has 0 unspecified atom stereocenters. The molecule has 0 heterocycles. The SMILES string of the molecule is CC(C)N(CCCOc1cccc(N)c1)CC(F)(F)F. The molecule has 0 radical (unpaired) electrons. The number of benzene rings is 1. The second-order valence-corrected chi connectivity index (χ2v) is 4.95. The molecule has 1 aromatic carbocycles. The van der Waals surface area contributed by atoms with Crippen molar-refractivity contribution >= 4 is 5.69 Å². The van der Waals surface area contributed by atoms with Crippen molar-refractivity contribution in [2.24, 2.45) is 0 Å². The van der Waals surface area contributed by atoms with Gasteiger partial charge in [0.2, 0.25) is 0 Å². The summed E-state index contributed by atoms with van der Waals surface area (Å²) < 4.78 is 42.7. The summed E-state index contributed by atoms with van der Waals surface area (Å²) in [7, 11) is 0. The number of nitrogens with two attached hydrogens (primary N) is 1. The van der Waals surface area contributed by atoms with E-state index in [1.54, 1.807) is 38.1 Å². The fourth-order valence-corrected chi connectivity index (χ4v) is 1.81. The zero-order valence-corrected chi connectivity index (χ0v) is 11.8. The molecule has 1 rings (SSSR count). The largest absolute Gasteiger partial charge is 0.493 e. The molecule has 0 aliphatic heterocycles. The third kappa shape index (κ3) is 6.65. The van der Waals surface area contributed by atoms with Gasteiger partial charge in [0.25, 0.3) is 0 Å². The first-order chi connectivity index (χ1) is 9.28. The Morgan fingerprint density at radius 1 is 1.30 bits per heavy atom. The van der Waals surface area contributed by atoms with Crippen molar-refractivity contribution in [3.05, 3.63) is 24.3 Å². The predicted octanol–water partition coefficient (Wildman–Crippen LogP) is 3.31. The third-order valence-corrected chi connectivity index (χ3v) is 2.83. The van der Waals surface area contributed by atoms with Crippen LogP contribution in [0.5, 0.6) is 5.75 Å². The molecule has 0 bridgehead atoms. The van der Waals surface area contributed by atoms with E-state index in [4.69, 9.17) is 10.5 Å². The number of rotatable bonds is 7. The van der Waals surface area contributed by atoms with Gasteiger partial charge in [-0.05, 0) is 32.4 Å². The summed E-state index contributed by atoms with van der Waals surface area (Å²) in [6, 6.07) is 6.83. The van der Waals surface area contributed by atoms with E-state index in [-0.39, 0.29) is 6.04 Å². The summed E-state index contributed by atoms with van der Waals surface area (Å²) in [4.78, 5) is 1.39. The molecule has 0 aromatic heterocycles. The van der Waals surface area contributed by atoms with Crippen LogP contribution in [0.3, 0.4) is 0 Å². The average molecular weight is 290 g/mol. The molecule has 0 fully saturated rings. The Morgan fingerprint density at radius 2 is 2.00 bits per heavy atom. The molecule has 0 atom stereocenters. The highest BCUT2D eigenvalue weighted by molar-refractivity contribution is 5.43. The highest BCUT2D eigenvalue weighted by Gasteiger charge is 2.31. The van der Waals surface area contributed by atoms with E-state index in [2.05, 4.69) is 0 Å². The Balaban J connectivity index is 2.34. The maximum atomic E-state index is 12.4. The van der Waals surface area contributed by atoms with Gasteiger partial charge in [0.1, 0.15) is 5.75 Å². The quantitative estimate of drug-likeness (QED) is 0.618. The first kappa shape index (κ1) is 16.6. The lowest BCUT2D eigenvalue weighted by Gasteiger charge is -2.27. The van der Waals surface area contributed by atoms with Crippen molar-refractivity contribution in [3.8, 4) is 5.75 Å². The second-order valence-electron chi connectivity index (χ2n) is 4.95. The van der Waals surface area contributed by atoms with Crippen LogP contribution in [-0.4, -0.2) is 36.8 Å². The average Bonchev–Trinajstić information content (AvgIpc) is 2.31. The topological polar surface area (TPSA) is 38.5 Å². The van der Waals surface area contributed by atoms with Crippen LogP contribution in [0.1, 0.15) is 20.3 Å². The van der Waals surface area contributed by atoms with Crippen molar-refractivity contribution in [2.45, 2.75) is 32.5 Å². The highest BCUT2D eigenvalue weighted by atomic mass is 19.4. The number of hydrogen-bond donors (Lipinski definition) is 1. The minimum Gasteiger partial charge on any atom is -0.493 e. The van der Waals surface area contributed by atoms with Crippen molar-refractivity contribution < 1.29 is 17.9 Å². The maximum Gasteiger partial charge on any atom is 0.401 e. The van der Waals surface area contributed by atoms with Gasteiger partial charge in [-0.3, -0.25) is 4.90 Å². The highest BCUT2D eigenvalue weighted by Crippen LogP contribution is 2.18. The third-order valence-electron chi connectivity index (χ3n) is 2.83. The summed E-state index contributed by atoms with van der Waals surface area (Å²) in [6.45, 7) is 3.34. The Kier molecular flexibility index (Phi) is 6.13. The molecular weight excluding hydrogens is 269 g/mol.